The minimum absolute atomic E-state index is 0. The molecule has 2 saturated heterocycles. The summed E-state index contributed by atoms with van der Waals surface area (Å²) in [5, 5.41) is 3.45. The van der Waals surface area contributed by atoms with E-state index in [1.165, 1.54) is 31.6 Å². The molecule has 2 aliphatic heterocycles. The lowest BCUT2D eigenvalue weighted by molar-refractivity contribution is -0.0605. The number of ether oxygens (including phenoxy) is 1. The van der Waals surface area contributed by atoms with Crippen LogP contribution in [0.3, 0.4) is 0 Å². The Morgan fingerprint density at radius 1 is 1.16 bits per heavy atom. The van der Waals surface area contributed by atoms with Crippen LogP contribution in [0.2, 0.25) is 0 Å². The van der Waals surface area contributed by atoms with Crippen molar-refractivity contribution in [3.63, 3.8) is 0 Å². The monoisotopic (exact) mass is 547 g/mol. The van der Waals surface area contributed by atoms with Gasteiger partial charge in [0.2, 0.25) is 0 Å². The highest BCUT2D eigenvalue weighted by Gasteiger charge is 2.28. The first-order chi connectivity index (χ1) is 14.5. The van der Waals surface area contributed by atoms with E-state index in [1.54, 1.807) is 0 Å². The molecule has 2 aliphatic rings. The fraction of sp³-hybridized carbons (Fsp3) is 0.696. The highest BCUT2D eigenvalue weighted by molar-refractivity contribution is 14.0. The Bertz CT molecular complexity index is 674. The van der Waals surface area contributed by atoms with Crippen LogP contribution in [0, 0.1) is 5.82 Å². The SMILES string of the molecule is CCNC(=NCCCN1CCCN(C)CC1)N1CC(C)OC(c2ccc(F)cc2)C1.I. The lowest BCUT2D eigenvalue weighted by atomic mass is 10.1. The van der Waals surface area contributed by atoms with Gasteiger partial charge >= 0.3 is 0 Å². The molecule has 1 aromatic rings. The van der Waals surface area contributed by atoms with E-state index in [9.17, 15) is 4.39 Å². The van der Waals surface area contributed by atoms with Gasteiger partial charge in [0.05, 0.1) is 12.6 Å². The van der Waals surface area contributed by atoms with Crippen molar-refractivity contribution in [2.75, 3.05) is 66.0 Å². The van der Waals surface area contributed by atoms with Crippen molar-refractivity contribution < 1.29 is 9.13 Å². The highest BCUT2D eigenvalue weighted by atomic mass is 127. The zero-order valence-electron chi connectivity index (χ0n) is 19.2. The van der Waals surface area contributed by atoms with Crippen LogP contribution < -0.4 is 5.32 Å². The number of nitrogens with one attached hydrogen (secondary N) is 1. The smallest absolute Gasteiger partial charge is 0.194 e. The van der Waals surface area contributed by atoms with Crippen LogP contribution in [0.15, 0.2) is 29.3 Å². The molecule has 1 aromatic carbocycles. The molecule has 1 N–H and O–H groups in total. The average Bonchev–Trinajstić information content (AvgIpc) is 2.94. The Labute approximate surface area is 204 Å². The quantitative estimate of drug-likeness (QED) is 0.257. The molecule has 0 spiro atoms. The molecular formula is C23H39FIN5O. The maximum atomic E-state index is 13.3. The number of halogens is 2. The Morgan fingerprint density at radius 2 is 1.94 bits per heavy atom. The van der Waals surface area contributed by atoms with E-state index in [2.05, 4.69) is 40.9 Å². The largest absolute Gasteiger partial charge is 0.367 e. The molecule has 2 heterocycles. The summed E-state index contributed by atoms with van der Waals surface area (Å²) < 4.78 is 19.4. The van der Waals surface area contributed by atoms with Crippen LogP contribution in [-0.2, 0) is 4.74 Å². The van der Waals surface area contributed by atoms with E-state index in [0.29, 0.717) is 0 Å². The Kier molecular flexibility index (Phi) is 11.5. The van der Waals surface area contributed by atoms with Crippen molar-refractivity contribution >= 4 is 29.9 Å². The van der Waals surface area contributed by atoms with Crippen LogP contribution in [0.25, 0.3) is 0 Å². The van der Waals surface area contributed by atoms with Gasteiger partial charge in [0.1, 0.15) is 11.9 Å². The van der Waals surface area contributed by atoms with Gasteiger partial charge in [-0.1, -0.05) is 12.1 Å². The second-order valence-corrected chi connectivity index (χ2v) is 8.48. The van der Waals surface area contributed by atoms with Crippen molar-refractivity contribution in [1.82, 2.24) is 20.0 Å². The predicted octanol–water partition coefficient (Wildman–Crippen LogP) is 3.20. The number of benzene rings is 1. The van der Waals surface area contributed by atoms with Crippen LogP contribution in [0.5, 0.6) is 0 Å². The van der Waals surface area contributed by atoms with Crippen LogP contribution >= 0.6 is 24.0 Å². The first-order valence-electron chi connectivity index (χ1n) is 11.4. The molecule has 2 unspecified atom stereocenters. The minimum atomic E-state index is -0.217. The first-order valence-corrected chi connectivity index (χ1v) is 11.4. The number of aliphatic imine (C=N–C) groups is 1. The molecular weight excluding hydrogens is 508 g/mol. The standard InChI is InChI=1S/C23H38FN5O.HI/c1-4-25-23(26-11-5-13-28-14-6-12-27(3)15-16-28)29-17-19(2)30-22(18-29)20-7-9-21(24)10-8-20;/h7-10,19,22H,4-6,11-18H2,1-3H3,(H,25,26);1H. The van der Waals surface area contributed by atoms with Gasteiger partial charge in [-0.3, -0.25) is 4.99 Å². The second-order valence-electron chi connectivity index (χ2n) is 8.48. The molecule has 31 heavy (non-hydrogen) atoms. The third-order valence-electron chi connectivity index (χ3n) is 5.84. The molecule has 3 rings (SSSR count). The molecule has 0 saturated carbocycles. The third kappa shape index (κ3) is 8.47. The summed E-state index contributed by atoms with van der Waals surface area (Å²) >= 11 is 0. The molecule has 8 heteroatoms. The fourth-order valence-electron chi connectivity index (χ4n) is 4.21. The number of hydrogen-bond donors (Lipinski definition) is 1. The van der Waals surface area contributed by atoms with E-state index >= 15 is 0 Å². The Hall–Kier alpha value is -0.970. The van der Waals surface area contributed by atoms with Gasteiger partial charge in [-0.25, -0.2) is 4.39 Å². The highest BCUT2D eigenvalue weighted by Crippen LogP contribution is 2.25. The van der Waals surface area contributed by atoms with Gasteiger partial charge in [0.15, 0.2) is 5.96 Å². The van der Waals surface area contributed by atoms with Crippen LogP contribution in [-0.4, -0.2) is 92.7 Å². The van der Waals surface area contributed by atoms with Crippen molar-refractivity contribution in [1.29, 1.82) is 0 Å². The van der Waals surface area contributed by atoms with Crippen LogP contribution in [0.4, 0.5) is 4.39 Å². The van der Waals surface area contributed by atoms with Crippen LogP contribution in [0.1, 0.15) is 38.4 Å². The van der Waals surface area contributed by atoms with Gasteiger partial charge in [0, 0.05) is 32.7 Å². The zero-order valence-corrected chi connectivity index (χ0v) is 21.6. The van der Waals surface area contributed by atoms with E-state index in [1.807, 2.05) is 12.1 Å². The molecule has 2 atom stereocenters. The van der Waals surface area contributed by atoms with Crippen molar-refractivity contribution in [2.24, 2.45) is 4.99 Å². The van der Waals surface area contributed by atoms with Crippen molar-refractivity contribution in [2.45, 2.75) is 38.9 Å². The van der Waals surface area contributed by atoms with E-state index < -0.39 is 0 Å². The number of guanidine groups is 1. The van der Waals surface area contributed by atoms with Gasteiger partial charge in [0.25, 0.3) is 0 Å². The maximum Gasteiger partial charge on any atom is 0.194 e. The molecule has 0 radical (unpaired) electrons. The maximum absolute atomic E-state index is 13.3. The zero-order chi connectivity index (χ0) is 21.3. The summed E-state index contributed by atoms with van der Waals surface area (Å²) in [6, 6.07) is 6.64. The molecule has 6 nitrogen and oxygen atoms in total. The molecule has 0 bridgehead atoms. The average molecular weight is 548 g/mol. The summed E-state index contributed by atoms with van der Waals surface area (Å²) in [4.78, 5) is 12.2. The Balaban J connectivity index is 0.00000341. The lowest BCUT2D eigenvalue weighted by Crippen LogP contribution is -2.50. The second kappa shape index (κ2) is 13.5. The summed E-state index contributed by atoms with van der Waals surface area (Å²) in [5.41, 5.74) is 1.01. The number of likely N-dealkylation sites (N-methyl/N-ethyl adjacent to an activating group) is 1. The number of hydrogen-bond acceptors (Lipinski definition) is 4. The van der Waals surface area contributed by atoms with Crippen molar-refractivity contribution in [3.8, 4) is 0 Å². The van der Waals surface area contributed by atoms with Crippen molar-refractivity contribution in [3.05, 3.63) is 35.6 Å². The van der Waals surface area contributed by atoms with Gasteiger partial charge < -0.3 is 24.8 Å². The predicted molar refractivity (Wildman–Crippen MR) is 136 cm³/mol. The summed E-state index contributed by atoms with van der Waals surface area (Å²) in [6.07, 6.45) is 2.33. The van der Waals surface area contributed by atoms with Gasteiger partial charge in [-0.15, -0.1) is 24.0 Å². The molecule has 0 aromatic heterocycles. The fourth-order valence-corrected chi connectivity index (χ4v) is 4.21. The van der Waals surface area contributed by atoms with E-state index in [0.717, 1.165) is 63.8 Å². The van der Waals surface area contributed by atoms with Gasteiger partial charge in [-0.2, -0.15) is 0 Å². The Morgan fingerprint density at radius 3 is 2.68 bits per heavy atom. The molecule has 0 aliphatic carbocycles. The number of nitrogens with zero attached hydrogens (tertiary/aromatic N) is 4. The first kappa shape index (κ1) is 26.3. The molecule has 2 fully saturated rings. The number of rotatable bonds is 6. The minimum Gasteiger partial charge on any atom is -0.367 e. The molecule has 0 amide bonds. The summed E-state index contributed by atoms with van der Waals surface area (Å²) in [5.74, 6) is 0.737. The van der Waals surface area contributed by atoms with E-state index in [4.69, 9.17) is 9.73 Å². The van der Waals surface area contributed by atoms with Gasteiger partial charge in [-0.05, 0) is 71.1 Å². The topological polar surface area (TPSA) is 43.3 Å². The number of morpholine rings is 1. The third-order valence-corrected chi connectivity index (χ3v) is 5.84. The summed E-state index contributed by atoms with van der Waals surface area (Å²) in [6.45, 7) is 13.2. The normalized spacial score (nSPS) is 23.9. The lowest BCUT2D eigenvalue weighted by Gasteiger charge is -2.38. The summed E-state index contributed by atoms with van der Waals surface area (Å²) in [7, 11) is 2.21. The molecule has 176 valence electrons. The van der Waals surface area contributed by atoms with E-state index in [-0.39, 0.29) is 42.0 Å².